The van der Waals surface area contributed by atoms with E-state index in [2.05, 4.69) is 5.32 Å². The van der Waals surface area contributed by atoms with Crippen molar-refractivity contribution in [3.8, 4) is 0 Å². The van der Waals surface area contributed by atoms with Crippen LogP contribution in [0.3, 0.4) is 0 Å². The number of carbonyl (C=O) groups excluding carboxylic acids is 1. The minimum atomic E-state index is -0.956. The Labute approximate surface area is 141 Å². The van der Waals surface area contributed by atoms with Gasteiger partial charge >= 0.3 is 5.97 Å². The zero-order chi connectivity index (χ0) is 17.9. The lowest BCUT2D eigenvalue weighted by Gasteiger charge is -2.29. The molecule has 2 atom stereocenters. The van der Waals surface area contributed by atoms with Crippen molar-refractivity contribution >= 4 is 11.9 Å². The lowest BCUT2D eigenvalue weighted by atomic mass is 9.89. The number of aliphatic carboxylic acids is 1. The summed E-state index contributed by atoms with van der Waals surface area (Å²) >= 11 is 0. The molecule has 1 amide bonds. The van der Waals surface area contributed by atoms with Crippen molar-refractivity contribution in [2.24, 2.45) is 18.9 Å². The van der Waals surface area contributed by atoms with Crippen molar-refractivity contribution in [2.45, 2.75) is 52.0 Å². The Morgan fingerprint density at radius 2 is 2.08 bits per heavy atom. The highest BCUT2D eigenvalue weighted by atomic mass is 16.4. The number of nitrogens with one attached hydrogen (secondary N) is 1. The predicted molar refractivity (Wildman–Crippen MR) is 90.7 cm³/mol. The molecule has 2 N–H and O–H groups in total. The summed E-state index contributed by atoms with van der Waals surface area (Å²) in [5.74, 6) is -1.44. The van der Waals surface area contributed by atoms with Crippen LogP contribution in [0.1, 0.15) is 56.8 Å². The van der Waals surface area contributed by atoms with Crippen LogP contribution in [0.4, 0.5) is 0 Å². The lowest BCUT2D eigenvalue weighted by molar-refractivity contribution is -0.141. The third kappa shape index (κ3) is 4.24. The smallest absolute Gasteiger partial charge is 0.304 e. The third-order valence-corrected chi connectivity index (χ3v) is 4.62. The Balaban J connectivity index is 2.19. The normalized spacial score (nSPS) is 18.1. The van der Waals surface area contributed by atoms with Crippen LogP contribution < -0.4 is 10.9 Å². The van der Waals surface area contributed by atoms with Crippen molar-refractivity contribution in [2.75, 3.05) is 0 Å². The fourth-order valence-electron chi connectivity index (χ4n) is 3.46. The molecule has 0 spiro atoms. The Morgan fingerprint density at radius 1 is 1.38 bits per heavy atom. The minimum Gasteiger partial charge on any atom is -0.481 e. The largest absolute Gasteiger partial charge is 0.481 e. The van der Waals surface area contributed by atoms with E-state index in [1.54, 1.807) is 17.7 Å². The average molecular weight is 334 g/mol. The number of nitrogens with zero attached hydrogens (tertiary/aromatic N) is 1. The van der Waals surface area contributed by atoms with E-state index in [-0.39, 0.29) is 29.8 Å². The van der Waals surface area contributed by atoms with Crippen LogP contribution in [0.15, 0.2) is 16.9 Å². The van der Waals surface area contributed by atoms with E-state index in [1.807, 2.05) is 13.8 Å². The maximum atomic E-state index is 12.6. The van der Waals surface area contributed by atoms with Crippen LogP contribution in [0.2, 0.25) is 0 Å². The van der Waals surface area contributed by atoms with Gasteiger partial charge in [-0.05, 0) is 43.2 Å². The molecule has 1 aromatic rings. The lowest BCUT2D eigenvalue weighted by Crippen LogP contribution is -2.38. The highest BCUT2D eigenvalue weighted by Crippen LogP contribution is 2.29. The van der Waals surface area contributed by atoms with Crippen LogP contribution in [-0.2, 0) is 23.1 Å². The maximum absolute atomic E-state index is 12.6. The van der Waals surface area contributed by atoms with Gasteiger partial charge in [-0.15, -0.1) is 0 Å². The van der Waals surface area contributed by atoms with Crippen molar-refractivity contribution in [3.05, 3.63) is 33.7 Å². The Bertz CT molecular complexity index is 678. The molecule has 0 saturated carbocycles. The fourth-order valence-corrected chi connectivity index (χ4v) is 3.46. The van der Waals surface area contributed by atoms with Gasteiger partial charge in [-0.3, -0.25) is 14.4 Å². The van der Waals surface area contributed by atoms with Gasteiger partial charge in [0.25, 0.3) is 0 Å². The van der Waals surface area contributed by atoms with Crippen LogP contribution in [0.25, 0.3) is 0 Å². The maximum Gasteiger partial charge on any atom is 0.304 e. The van der Waals surface area contributed by atoms with Crippen LogP contribution in [0.5, 0.6) is 0 Å². The van der Waals surface area contributed by atoms with Gasteiger partial charge in [-0.2, -0.15) is 0 Å². The first kappa shape index (κ1) is 18.2. The van der Waals surface area contributed by atoms with Crippen molar-refractivity contribution in [1.82, 2.24) is 9.88 Å². The fraction of sp³-hybridized carbons (Fsp3) is 0.611. The number of hydrogen-bond acceptors (Lipinski definition) is 3. The zero-order valence-electron chi connectivity index (χ0n) is 14.5. The Hall–Kier alpha value is -2.11. The molecular formula is C18H26N2O4. The third-order valence-electron chi connectivity index (χ3n) is 4.62. The molecule has 1 aromatic heterocycles. The number of carboxylic acid groups (broad SMARTS) is 1. The summed E-state index contributed by atoms with van der Waals surface area (Å²) in [5.41, 5.74) is 1.87. The number of carbonyl (C=O) groups is 2. The van der Waals surface area contributed by atoms with Crippen LogP contribution >= 0.6 is 0 Å². The summed E-state index contributed by atoms with van der Waals surface area (Å²) in [6.07, 6.45) is 2.90. The molecule has 24 heavy (non-hydrogen) atoms. The number of hydrogen-bond donors (Lipinski definition) is 2. The predicted octanol–water partition coefficient (Wildman–Crippen LogP) is 2.02. The summed E-state index contributed by atoms with van der Waals surface area (Å²) in [6.45, 7) is 3.96. The Kier molecular flexibility index (Phi) is 5.80. The number of aromatic nitrogens is 1. The van der Waals surface area contributed by atoms with Gasteiger partial charge in [0.2, 0.25) is 11.5 Å². The van der Waals surface area contributed by atoms with E-state index in [4.69, 9.17) is 5.11 Å². The zero-order valence-corrected chi connectivity index (χ0v) is 14.5. The van der Waals surface area contributed by atoms with E-state index < -0.39 is 11.9 Å². The number of pyridine rings is 1. The second-order valence-electron chi connectivity index (χ2n) is 7.01. The van der Waals surface area contributed by atoms with E-state index >= 15 is 0 Å². The molecule has 0 saturated heterocycles. The molecule has 6 nitrogen and oxygen atoms in total. The molecule has 0 aromatic carbocycles. The molecule has 0 aliphatic heterocycles. The number of carboxylic acids is 1. The van der Waals surface area contributed by atoms with E-state index in [9.17, 15) is 14.4 Å². The minimum absolute atomic E-state index is 0.0516. The molecule has 1 aliphatic rings. The number of fused-ring (bicyclic) bond motifs is 1. The van der Waals surface area contributed by atoms with Gasteiger partial charge in [0, 0.05) is 24.7 Å². The summed E-state index contributed by atoms with van der Waals surface area (Å²) in [5, 5.41) is 12.1. The van der Waals surface area contributed by atoms with Gasteiger partial charge in [0.1, 0.15) is 0 Å². The second-order valence-corrected chi connectivity index (χ2v) is 7.01. The number of amides is 1. The van der Waals surface area contributed by atoms with Crippen LogP contribution in [0, 0.1) is 11.8 Å². The summed E-state index contributed by atoms with van der Waals surface area (Å²) < 4.78 is 1.64. The molecule has 2 rings (SSSR count). The van der Waals surface area contributed by atoms with Crippen molar-refractivity contribution in [1.29, 1.82) is 0 Å². The average Bonchev–Trinajstić information content (AvgIpc) is 2.50. The monoisotopic (exact) mass is 334 g/mol. The summed E-state index contributed by atoms with van der Waals surface area (Å²) in [6, 6.07) is 3.15. The van der Waals surface area contributed by atoms with E-state index in [0.717, 1.165) is 30.5 Å². The standard InChI is InChI=1S/C18H26N2O4/c1-11(2)9-12(10-17(22)23)18(24)19-14-5-4-6-15-13(14)7-8-16(21)20(15)3/h7-8,11-12,14H,4-6,9-10H2,1-3H3,(H,19,24)(H,22,23). The van der Waals surface area contributed by atoms with Crippen LogP contribution in [-0.4, -0.2) is 21.6 Å². The molecule has 1 heterocycles. The van der Waals surface area contributed by atoms with Gasteiger partial charge in [0.05, 0.1) is 12.5 Å². The van der Waals surface area contributed by atoms with Crippen molar-refractivity contribution < 1.29 is 14.7 Å². The molecule has 0 fully saturated rings. The first-order chi connectivity index (χ1) is 11.3. The highest BCUT2D eigenvalue weighted by molar-refractivity contribution is 5.83. The van der Waals surface area contributed by atoms with Gasteiger partial charge in [-0.25, -0.2) is 0 Å². The summed E-state index contributed by atoms with van der Waals surface area (Å²) in [7, 11) is 1.75. The highest BCUT2D eigenvalue weighted by Gasteiger charge is 2.28. The molecule has 0 radical (unpaired) electrons. The SMILES string of the molecule is CC(C)CC(CC(=O)O)C(=O)NC1CCCc2c1ccc(=O)n2C. The molecular weight excluding hydrogens is 308 g/mol. The van der Waals surface area contributed by atoms with E-state index in [0.29, 0.717) is 6.42 Å². The Morgan fingerprint density at radius 3 is 2.71 bits per heavy atom. The van der Waals surface area contributed by atoms with Crippen molar-refractivity contribution in [3.63, 3.8) is 0 Å². The van der Waals surface area contributed by atoms with Gasteiger partial charge in [0.15, 0.2) is 0 Å². The molecule has 2 unspecified atom stereocenters. The van der Waals surface area contributed by atoms with E-state index in [1.165, 1.54) is 6.07 Å². The summed E-state index contributed by atoms with van der Waals surface area (Å²) in [4.78, 5) is 35.4. The number of rotatable bonds is 6. The molecule has 6 heteroatoms. The topological polar surface area (TPSA) is 88.4 Å². The molecule has 132 valence electrons. The second kappa shape index (κ2) is 7.64. The quantitative estimate of drug-likeness (QED) is 0.833. The van der Waals surface area contributed by atoms with Gasteiger partial charge < -0.3 is 15.0 Å². The molecule has 1 aliphatic carbocycles. The first-order valence-electron chi connectivity index (χ1n) is 8.50. The van der Waals surface area contributed by atoms with Gasteiger partial charge in [-0.1, -0.05) is 13.8 Å². The molecule has 0 bridgehead atoms. The first-order valence-corrected chi connectivity index (χ1v) is 8.50.